The van der Waals surface area contributed by atoms with E-state index in [1.54, 1.807) is 11.8 Å². The van der Waals surface area contributed by atoms with Gasteiger partial charge in [0.15, 0.2) is 0 Å². The first-order chi connectivity index (χ1) is 9.19. The number of carbonyl (C=O) groups excluding carboxylic acids is 1. The van der Waals surface area contributed by atoms with Gasteiger partial charge in [-0.15, -0.1) is 11.6 Å². The molecule has 0 fully saturated rings. The van der Waals surface area contributed by atoms with Crippen LogP contribution in [-0.2, 0) is 4.79 Å². The Bertz CT molecular complexity index is 569. The van der Waals surface area contributed by atoms with Crippen LogP contribution >= 0.6 is 23.4 Å². The Morgan fingerprint density at radius 1 is 1.16 bits per heavy atom. The van der Waals surface area contributed by atoms with Crippen LogP contribution in [0.1, 0.15) is 5.56 Å². The van der Waals surface area contributed by atoms with Crippen LogP contribution in [0.5, 0.6) is 0 Å². The molecule has 2 nitrogen and oxygen atoms in total. The SMILES string of the molecule is Cc1ccc(Sc2ccccc2NC(=O)CCl)cc1. The number of nitrogens with one attached hydrogen (secondary N) is 1. The second-order valence-electron chi connectivity index (χ2n) is 4.09. The summed E-state index contributed by atoms with van der Waals surface area (Å²) in [5.41, 5.74) is 2.02. The van der Waals surface area contributed by atoms with E-state index in [0.717, 1.165) is 15.5 Å². The molecule has 0 heterocycles. The van der Waals surface area contributed by atoms with Crippen LogP contribution in [0.4, 0.5) is 5.69 Å². The minimum atomic E-state index is -0.196. The number of amides is 1. The third-order valence-electron chi connectivity index (χ3n) is 2.53. The molecule has 1 N–H and O–H groups in total. The topological polar surface area (TPSA) is 29.1 Å². The van der Waals surface area contributed by atoms with Crippen molar-refractivity contribution in [3.63, 3.8) is 0 Å². The molecule has 0 aliphatic heterocycles. The van der Waals surface area contributed by atoms with Gasteiger partial charge in [-0.05, 0) is 31.2 Å². The lowest BCUT2D eigenvalue weighted by molar-refractivity contribution is -0.113. The fraction of sp³-hybridized carbons (Fsp3) is 0.133. The van der Waals surface area contributed by atoms with Gasteiger partial charge in [0.05, 0.1) is 5.69 Å². The van der Waals surface area contributed by atoms with Gasteiger partial charge in [0, 0.05) is 9.79 Å². The third kappa shape index (κ3) is 4.01. The molecule has 2 aromatic rings. The van der Waals surface area contributed by atoms with E-state index in [2.05, 4.69) is 36.5 Å². The van der Waals surface area contributed by atoms with Crippen LogP contribution in [-0.4, -0.2) is 11.8 Å². The molecule has 0 spiro atoms. The van der Waals surface area contributed by atoms with Gasteiger partial charge < -0.3 is 5.32 Å². The monoisotopic (exact) mass is 291 g/mol. The molecule has 1 amide bonds. The first-order valence-electron chi connectivity index (χ1n) is 5.88. The summed E-state index contributed by atoms with van der Waals surface area (Å²) < 4.78 is 0. The van der Waals surface area contributed by atoms with Crippen LogP contribution in [0.25, 0.3) is 0 Å². The van der Waals surface area contributed by atoms with Gasteiger partial charge in [0.2, 0.25) is 5.91 Å². The number of rotatable bonds is 4. The molecule has 0 aliphatic rings. The fourth-order valence-corrected chi connectivity index (χ4v) is 2.54. The van der Waals surface area contributed by atoms with Crippen molar-refractivity contribution in [2.75, 3.05) is 11.2 Å². The summed E-state index contributed by atoms with van der Waals surface area (Å²) in [5.74, 6) is -0.234. The number of halogens is 1. The van der Waals surface area contributed by atoms with Crippen molar-refractivity contribution in [2.24, 2.45) is 0 Å². The molecule has 4 heteroatoms. The summed E-state index contributed by atoms with van der Waals surface area (Å²) in [5, 5.41) is 2.80. The maximum absolute atomic E-state index is 11.4. The normalized spacial score (nSPS) is 10.2. The molecule has 98 valence electrons. The Morgan fingerprint density at radius 3 is 2.53 bits per heavy atom. The maximum atomic E-state index is 11.4. The molecule has 0 saturated carbocycles. The van der Waals surface area contributed by atoms with Gasteiger partial charge in [-0.2, -0.15) is 0 Å². The second-order valence-corrected chi connectivity index (χ2v) is 5.48. The first-order valence-corrected chi connectivity index (χ1v) is 7.23. The fourth-order valence-electron chi connectivity index (χ4n) is 1.58. The Labute approximate surface area is 122 Å². The van der Waals surface area contributed by atoms with Crippen LogP contribution in [0.3, 0.4) is 0 Å². The molecule has 0 saturated heterocycles. The number of alkyl halides is 1. The molecule has 19 heavy (non-hydrogen) atoms. The second kappa shape index (κ2) is 6.64. The average molecular weight is 292 g/mol. The van der Waals surface area contributed by atoms with E-state index < -0.39 is 0 Å². The zero-order valence-electron chi connectivity index (χ0n) is 10.5. The Hall–Kier alpha value is -1.45. The number of benzene rings is 2. The predicted octanol–water partition coefficient (Wildman–Crippen LogP) is 4.32. The van der Waals surface area contributed by atoms with Crippen LogP contribution in [0, 0.1) is 6.92 Å². The highest BCUT2D eigenvalue weighted by Gasteiger charge is 2.06. The predicted molar refractivity (Wildman–Crippen MR) is 81.1 cm³/mol. The number of para-hydroxylation sites is 1. The van der Waals surface area contributed by atoms with Crippen molar-refractivity contribution in [2.45, 2.75) is 16.7 Å². The Balaban J connectivity index is 2.20. The highest BCUT2D eigenvalue weighted by atomic mass is 35.5. The number of hydrogen-bond donors (Lipinski definition) is 1. The quantitative estimate of drug-likeness (QED) is 0.850. The standard InChI is InChI=1S/C15H14ClNOS/c1-11-6-8-12(9-7-11)19-14-5-3-2-4-13(14)17-15(18)10-16/h2-9H,10H2,1H3,(H,17,18). The van der Waals surface area contributed by atoms with Gasteiger partial charge >= 0.3 is 0 Å². The van der Waals surface area contributed by atoms with Crippen molar-refractivity contribution < 1.29 is 4.79 Å². The summed E-state index contributed by atoms with van der Waals surface area (Å²) in [6, 6.07) is 16.0. The van der Waals surface area contributed by atoms with E-state index >= 15 is 0 Å². The van der Waals surface area contributed by atoms with Crippen molar-refractivity contribution in [3.8, 4) is 0 Å². The zero-order chi connectivity index (χ0) is 13.7. The number of anilines is 1. The maximum Gasteiger partial charge on any atom is 0.239 e. The van der Waals surface area contributed by atoms with Crippen molar-refractivity contribution in [1.29, 1.82) is 0 Å². The number of hydrogen-bond acceptors (Lipinski definition) is 2. The molecule has 0 bridgehead atoms. The van der Waals surface area contributed by atoms with E-state index in [-0.39, 0.29) is 11.8 Å². The van der Waals surface area contributed by atoms with E-state index in [1.165, 1.54) is 5.56 Å². The van der Waals surface area contributed by atoms with E-state index in [4.69, 9.17) is 11.6 Å². The molecule has 0 unspecified atom stereocenters. The van der Waals surface area contributed by atoms with Crippen molar-refractivity contribution in [1.82, 2.24) is 0 Å². The van der Waals surface area contributed by atoms with Crippen molar-refractivity contribution in [3.05, 3.63) is 54.1 Å². The van der Waals surface area contributed by atoms with Gasteiger partial charge in [-0.1, -0.05) is 41.6 Å². The van der Waals surface area contributed by atoms with E-state index in [9.17, 15) is 4.79 Å². The van der Waals surface area contributed by atoms with Crippen LogP contribution in [0.15, 0.2) is 58.3 Å². The highest BCUT2D eigenvalue weighted by Crippen LogP contribution is 2.33. The molecule has 0 atom stereocenters. The minimum absolute atomic E-state index is 0.0382. The van der Waals surface area contributed by atoms with Gasteiger partial charge in [-0.25, -0.2) is 0 Å². The van der Waals surface area contributed by atoms with Gasteiger partial charge in [-0.3, -0.25) is 4.79 Å². The van der Waals surface area contributed by atoms with Crippen LogP contribution < -0.4 is 5.32 Å². The minimum Gasteiger partial charge on any atom is -0.324 e. The van der Waals surface area contributed by atoms with Gasteiger partial charge in [0.1, 0.15) is 5.88 Å². The molecule has 0 aromatic heterocycles. The third-order valence-corrected chi connectivity index (χ3v) is 3.86. The molecule has 2 rings (SSSR count). The summed E-state index contributed by atoms with van der Waals surface area (Å²) in [7, 11) is 0. The molecular weight excluding hydrogens is 278 g/mol. The summed E-state index contributed by atoms with van der Waals surface area (Å²) in [6.45, 7) is 2.06. The molecule has 0 aliphatic carbocycles. The van der Waals surface area contributed by atoms with Crippen molar-refractivity contribution >= 4 is 35.0 Å². The van der Waals surface area contributed by atoms with Crippen LogP contribution in [0.2, 0.25) is 0 Å². The smallest absolute Gasteiger partial charge is 0.239 e. The Kier molecular flexibility index (Phi) is 4.88. The molecular formula is C15H14ClNOS. The molecule has 0 radical (unpaired) electrons. The average Bonchev–Trinajstić information content (AvgIpc) is 2.43. The van der Waals surface area contributed by atoms with Gasteiger partial charge in [0.25, 0.3) is 0 Å². The molecule has 2 aromatic carbocycles. The highest BCUT2D eigenvalue weighted by molar-refractivity contribution is 7.99. The summed E-state index contributed by atoms with van der Waals surface area (Å²) in [6.07, 6.45) is 0. The summed E-state index contributed by atoms with van der Waals surface area (Å²) >= 11 is 7.13. The largest absolute Gasteiger partial charge is 0.324 e. The van der Waals surface area contributed by atoms with E-state index in [1.807, 2.05) is 24.3 Å². The first kappa shape index (κ1) is 14.0. The summed E-state index contributed by atoms with van der Waals surface area (Å²) in [4.78, 5) is 13.5. The lowest BCUT2D eigenvalue weighted by Crippen LogP contribution is -2.13. The number of carbonyl (C=O) groups is 1. The zero-order valence-corrected chi connectivity index (χ0v) is 12.1. The number of aryl methyl sites for hydroxylation is 1. The Morgan fingerprint density at radius 2 is 1.84 bits per heavy atom. The lowest BCUT2D eigenvalue weighted by atomic mass is 10.2. The lowest BCUT2D eigenvalue weighted by Gasteiger charge is -2.09. The van der Waals surface area contributed by atoms with E-state index in [0.29, 0.717) is 0 Å².